The molecule has 28 heavy (non-hydrogen) atoms. The number of aromatic nitrogens is 3. The molecule has 7 heteroatoms. The van der Waals surface area contributed by atoms with Crippen LogP contribution in [0.2, 0.25) is 0 Å². The molecule has 3 N–H and O–H groups in total. The van der Waals surface area contributed by atoms with Crippen LogP contribution >= 0.6 is 0 Å². The van der Waals surface area contributed by atoms with Crippen LogP contribution in [-0.2, 0) is 16.1 Å². The van der Waals surface area contributed by atoms with Crippen LogP contribution in [-0.4, -0.2) is 27.2 Å². The second-order valence-electron chi connectivity index (χ2n) is 6.85. The Morgan fingerprint density at radius 2 is 1.57 bits per heavy atom. The maximum atomic E-state index is 13.1. The number of unbranched alkanes of at least 4 members (excludes halogenated alkanes) is 1. The van der Waals surface area contributed by atoms with Crippen molar-refractivity contribution in [3.63, 3.8) is 0 Å². The molecule has 0 atom stereocenters. The first-order chi connectivity index (χ1) is 13.6. The van der Waals surface area contributed by atoms with Crippen LogP contribution in [0.5, 0.6) is 0 Å². The number of aromatic amines is 1. The van der Waals surface area contributed by atoms with Crippen molar-refractivity contribution >= 4 is 17.5 Å². The minimum Gasteiger partial charge on any atom is -0.370 e. The standard InChI is InChI=1S/C21H21N5O2/c22-18(27)11-5-6-12-19(28)26-13-14-7-1-2-8-15(14)20-21(24-25-23-20)16-9-3-4-10-17(16)26/h1-4,7-10H,5-6,11-13H2,(H2,22,27)(H,23,24,25). The third-order valence-corrected chi connectivity index (χ3v) is 4.96. The molecule has 1 aromatic heterocycles. The normalized spacial score (nSPS) is 12.4. The first kappa shape index (κ1) is 17.9. The summed E-state index contributed by atoms with van der Waals surface area (Å²) in [5.41, 5.74) is 10.4. The van der Waals surface area contributed by atoms with Gasteiger partial charge >= 0.3 is 0 Å². The monoisotopic (exact) mass is 375 g/mol. The van der Waals surface area contributed by atoms with Crippen LogP contribution in [0.1, 0.15) is 31.2 Å². The minimum atomic E-state index is -0.337. The zero-order chi connectivity index (χ0) is 19.5. The Morgan fingerprint density at radius 1 is 0.929 bits per heavy atom. The van der Waals surface area contributed by atoms with Crippen molar-refractivity contribution in [3.8, 4) is 22.5 Å². The van der Waals surface area contributed by atoms with Gasteiger partial charge in [0.15, 0.2) is 0 Å². The summed E-state index contributed by atoms with van der Waals surface area (Å²) in [6, 6.07) is 15.7. The van der Waals surface area contributed by atoms with Gasteiger partial charge in [-0.1, -0.05) is 42.5 Å². The lowest BCUT2D eigenvalue weighted by Gasteiger charge is -2.28. The fraction of sp³-hybridized carbons (Fsp3) is 0.238. The first-order valence-electron chi connectivity index (χ1n) is 9.32. The average molecular weight is 375 g/mol. The van der Waals surface area contributed by atoms with Crippen molar-refractivity contribution < 1.29 is 9.59 Å². The van der Waals surface area contributed by atoms with E-state index in [0.29, 0.717) is 32.2 Å². The number of rotatable bonds is 5. The van der Waals surface area contributed by atoms with Gasteiger partial charge in [0.2, 0.25) is 11.8 Å². The molecular formula is C21H21N5O2. The molecule has 0 fully saturated rings. The summed E-state index contributed by atoms with van der Waals surface area (Å²) in [7, 11) is 0. The molecule has 0 aliphatic carbocycles. The predicted octanol–water partition coefficient (Wildman–Crippen LogP) is 3.03. The number of anilines is 1. The fourth-order valence-corrected chi connectivity index (χ4v) is 3.59. The number of fused-ring (bicyclic) bond motifs is 5. The lowest BCUT2D eigenvalue weighted by molar-refractivity contribution is -0.120. The number of primary amides is 1. The van der Waals surface area contributed by atoms with E-state index in [1.165, 1.54) is 0 Å². The molecule has 1 aliphatic rings. The summed E-state index contributed by atoms with van der Waals surface area (Å²) >= 11 is 0. The number of nitrogens with two attached hydrogens (primary N) is 1. The maximum absolute atomic E-state index is 13.1. The van der Waals surface area contributed by atoms with E-state index in [0.717, 1.165) is 33.8 Å². The number of hydrogen-bond donors (Lipinski definition) is 2. The van der Waals surface area contributed by atoms with E-state index < -0.39 is 0 Å². The zero-order valence-corrected chi connectivity index (χ0v) is 15.4. The molecule has 0 spiro atoms. The number of nitrogens with one attached hydrogen (secondary N) is 1. The number of hydrogen-bond acceptors (Lipinski definition) is 4. The van der Waals surface area contributed by atoms with Gasteiger partial charge in [0.25, 0.3) is 0 Å². The van der Waals surface area contributed by atoms with Gasteiger partial charge in [0.05, 0.1) is 12.2 Å². The van der Waals surface area contributed by atoms with E-state index in [9.17, 15) is 9.59 Å². The highest BCUT2D eigenvalue weighted by Crippen LogP contribution is 2.39. The molecule has 0 saturated heterocycles. The van der Waals surface area contributed by atoms with Gasteiger partial charge in [-0.25, -0.2) is 0 Å². The van der Waals surface area contributed by atoms with E-state index in [1.807, 2.05) is 48.5 Å². The van der Waals surface area contributed by atoms with Crippen molar-refractivity contribution in [1.82, 2.24) is 15.4 Å². The Bertz CT molecular complexity index is 1030. The van der Waals surface area contributed by atoms with Crippen molar-refractivity contribution in [2.45, 2.75) is 32.2 Å². The molecular weight excluding hydrogens is 354 g/mol. The van der Waals surface area contributed by atoms with Gasteiger partial charge in [-0.3, -0.25) is 9.59 Å². The number of carbonyl (C=O) groups is 2. The molecule has 1 aliphatic heterocycles. The minimum absolute atomic E-state index is 0.0127. The largest absolute Gasteiger partial charge is 0.370 e. The Balaban J connectivity index is 1.73. The highest BCUT2D eigenvalue weighted by Gasteiger charge is 2.27. The van der Waals surface area contributed by atoms with Crippen LogP contribution < -0.4 is 10.6 Å². The highest BCUT2D eigenvalue weighted by molar-refractivity contribution is 6.00. The topological polar surface area (TPSA) is 105 Å². The SMILES string of the molecule is NC(=O)CCCCC(=O)N1Cc2ccccc2-c2n[nH]nc2-c2ccccc21. The summed E-state index contributed by atoms with van der Waals surface area (Å²) in [4.78, 5) is 25.8. The second kappa shape index (κ2) is 7.64. The molecule has 2 heterocycles. The summed E-state index contributed by atoms with van der Waals surface area (Å²) in [5.74, 6) is -0.324. The molecule has 3 aromatic rings. The summed E-state index contributed by atoms with van der Waals surface area (Å²) in [6.45, 7) is 0.453. The third-order valence-electron chi connectivity index (χ3n) is 4.96. The van der Waals surface area contributed by atoms with Gasteiger partial charge in [-0.2, -0.15) is 15.4 Å². The smallest absolute Gasteiger partial charge is 0.227 e. The summed E-state index contributed by atoms with van der Waals surface area (Å²) < 4.78 is 0. The predicted molar refractivity (Wildman–Crippen MR) is 106 cm³/mol. The number of benzene rings is 2. The molecule has 2 aromatic carbocycles. The molecule has 0 unspecified atom stereocenters. The lowest BCUT2D eigenvalue weighted by Crippen LogP contribution is -2.31. The zero-order valence-electron chi connectivity index (χ0n) is 15.4. The van der Waals surface area contributed by atoms with E-state index in [4.69, 9.17) is 5.73 Å². The van der Waals surface area contributed by atoms with Gasteiger partial charge in [-0.05, 0) is 24.5 Å². The van der Waals surface area contributed by atoms with Crippen LogP contribution in [0.15, 0.2) is 48.5 Å². The molecule has 0 saturated carbocycles. The molecule has 7 nitrogen and oxygen atoms in total. The number of carbonyl (C=O) groups excluding carboxylic acids is 2. The van der Waals surface area contributed by atoms with E-state index in [1.54, 1.807) is 4.90 Å². The third kappa shape index (κ3) is 3.38. The van der Waals surface area contributed by atoms with Gasteiger partial charge in [-0.15, -0.1) is 0 Å². The Labute approximate surface area is 162 Å². The molecule has 4 rings (SSSR count). The van der Waals surface area contributed by atoms with Gasteiger partial charge < -0.3 is 10.6 Å². The van der Waals surface area contributed by atoms with E-state index >= 15 is 0 Å². The molecule has 0 bridgehead atoms. The number of nitrogens with zero attached hydrogens (tertiary/aromatic N) is 3. The number of para-hydroxylation sites is 1. The van der Waals surface area contributed by atoms with Gasteiger partial charge in [0, 0.05) is 24.0 Å². The molecule has 142 valence electrons. The second-order valence-corrected chi connectivity index (χ2v) is 6.85. The van der Waals surface area contributed by atoms with Crippen LogP contribution in [0.3, 0.4) is 0 Å². The fourth-order valence-electron chi connectivity index (χ4n) is 3.59. The van der Waals surface area contributed by atoms with E-state index in [-0.39, 0.29) is 11.8 Å². The highest BCUT2D eigenvalue weighted by atomic mass is 16.2. The Hall–Kier alpha value is -3.48. The number of H-pyrrole nitrogens is 1. The van der Waals surface area contributed by atoms with Crippen LogP contribution in [0, 0.1) is 0 Å². The van der Waals surface area contributed by atoms with Crippen molar-refractivity contribution in [3.05, 3.63) is 54.1 Å². The quantitative estimate of drug-likeness (QED) is 0.669. The van der Waals surface area contributed by atoms with Crippen molar-refractivity contribution in [2.75, 3.05) is 4.90 Å². The first-order valence-corrected chi connectivity index (χ1v) is 9.32. The molecule has 2 amide bonds. The van der Waals surface area contributed by atoms with Crippen molar-refractivity contribution in [2.24, 2.45) is 5.73 Å². The van der Waals surface area contributed by atoms with Crippen LogP contribution in [0.25, 0.3) is 22.5 Å². The van der Waals surface area contributed by atoms with Crippen molar-refractivity contribution in [1.29, 1.82) is 0 Å². The van der Waals surface area contributed by atoms with E-state index in [2.05, 4.69) is 15.4 Å². The Morgan fingerprint density at radius 3 is 2.36 bits per heavy atom. The van der Waals surface area contributed by atoms with Crippen LogP contribution in [0.4, 0.5) is 5.69 Å². The lowest BCUT2D eigenvalue weighted by atomic mass is 9.95. The number of amides is 2. The summed E-state index contributed by atoms with van der Waals surface area (Å²) in [5, 5.41) is 11.5. The Kier molecular flexibility index (Phi) is 4.89. The molecule has 0 radical (unpaired) electrons. The van der Waals surface area contributed by atoms with Gasteiger partial charge in [0.1, 0.15) is 11.4 Å². The maximum Gasteiger partial charge on any atom is 0.227 e. The average Bonchev–Trinajstić information content (AvgIpc) is 3.17. The summed E-state index contributed by atoms with van der Waals surface area (Å²) in [6.07, 6.45) is 1.89.